The Labute approximate surface area is 174 Å². The van der Waals surface area contributed by atoms with Crippen LogP contribution in [0, 0.1) is 22.7 Å². The van der Waals surface area contributed by atoms with Crippen molar-refractivity contribution in [1.82, 2.24) is 9.97 Å². The minimum absolute atomic E-state index is 0.610. The predicted molar refractivity (Wildman–Crippen MR) is 120 cm³/mol. The number of nitriles is 2. The molecule has 0 bridgehead atoms. The van der Waals surface area contributed by atoms with Crippen molar-refractivity contribution >= 4 is 35.3 Å². The molecule has 0 N–H and O–H groups in total. The number of hydrogen-bond acceptors (Lipinski definition) is 4. The first-order valence-corrected chi connectivity index (χ1v) is 9.38. The molecule has 3 aromatic carbocycles. The van der Waals surface area contributed by atoms with Gasteiger partial charge in [0.25, 0.3) is 0 Å². The van der Waals surface area contributed by atoms with Gasteiger partial charge in [-0.25, -0.2) is 9.97 Å². The van der Waals surface area contributed by atoms with Gasteiger partial charge in [-0.05, 0) is 59.7 Å². The van der Waals surface area contributed by atoms with Crippen LogP contribution >= 0.6 is 0 Å². The van der Waals surface area contributed by atoms with Crippen LogP contribution in [0.4, 0.5) is 0 Å². The summed E-state index contributed by atoms with van der Waals surface area (Å²) in [7, 11) is 0. The summed E-state index contributed by atoms with van der Waals surface area (Å²) in [6, 6.07) is 26.8. The fraction of sp³-hybridized carbons (Fsp3) is 0. The van der Waals surface area contributed by atoms with Gasteiger partial charge in [0.1, 0.15) is 0 Å². The van der Waals surface area contributed by atoms with Gasteiger partial charge < -0.3 is 0 Å². The topological polar surface area (TPSA) is 73.4 Å². The normalized spacial score (nSPS) is 11.0. The van der Waals surface area contributed by atoms with Gasteiger partial charge in [-0.3, -0.25) is 0 Å². The van der Waals surface area contributed by atoms with Gasteiger partial charge in [-0.2, -0.15) is 10.5 Å². The van der Waals surface area contributed by atoms with Crippen molar-refractivity contribution in [1.29, 1.82) is 10.5 Å². The molecule has 0 aliphatic carbocycles. The number of nitrogens with zero attached hydrogens (tertiary/aromatic N) is 4. The van der Waals surface area contributed by atoms with Crippen molar-refractivity contribution in [3.63, 3.8) is 0 Å². The van der Waals surface area contributed by atoms with Crippen molar-refractivity contribution in [2.24, 2.45) is 0 Å². The first kappa shape index (κ1) is 18.8. The van der Waals surface area contributed by atoms with Crippen molar-refractivity contribution < 1.29 is 0 Å². The Kier molecular flexibility index (Phi) is 5.42. The zero-order valence-electron chi connectivity index (χ0n) is 16.0. The largest absolute Gasteiger partial charge is 0.245 e. The Morgan fingerprint density at radius 3 is 1.47 bits per heavy atom. The van der Waals surface area contributed by atoms with Crippen LogP contribution in [0.1, 0.15) is 33.6 Å². The molecule has 30 heavy (non-hydrogen) atoms. The first-order chi connectivity index (χ1) is 14.7. The van der Waals surface area contributed by atoms with E-state index in [-0.39, 0.29) is 0 Å². The first-order valence-electron chi connectivity index (χ1n) is 9.38. The van der Waals surface area contributed by atoms with E-state index >= 15 is 0 Å². The number of fused-ring (bicyclic) bond motifs is 1. The molecular weight excluding hydrogens is 368 g/mol. The molecule has 1 heterocycles. The van der Waals surface area contributed by atoms with E-state index in [1.165, 1.54) is 0 Å². The Hall–Kier alpha value is -4.54. The van der Waals surface area contributed by atoms with Crippen LogP contribution in [-0.2, 0) is 0 Å². The van der Waals surface area contributed by atoms with Crippen LogP contribution in [0.3, 0.4) is 0 Å². The Morgan fingerprint density at radius 2 is 1.03 bits per heavy atom. The molecule has 4 nitrogen and oxygen atoms in total. The second-order valence-electron chi connectivity index (χ2n) is 6.62. The average Bonchev–Trinajstić information content (AvgIpc) is 2.81. The summed E-state index contributed by atoms with van der Waals surface area (Å²) >= 11 is 0. The van der Waals surface area contributed by atoms with Gasteiger partial charge in [0.2, 0.25) is 0 Å². The third kappa shape index (κ3) is 4.30. The maximum atomic E-state index is 9.10. The Morgan fingerprint density at radius 1 is 0.567 bits per heavy atom. The second kappa shape index (κ2) is 8.65. The number of rotatable bonds is 4. The van der Waals surface area contributed by atoms with E-state index in [4.69, 9.17) is 20.5 Å². The molecule has 0 aliphatic heterocycles. The van der Waals surface area contributed by atoms with Gasteiger partial charge in [0.15, 0.2) is 0 Å². The van der Waals surface area contributed by atoms with Crippen LogP contribution in [-0.4, -0.2) is 9.97 Å². The van der Waals surface area contributed by atoms with Crippen LogP contribution < -0.4 is 0 Å². The molecule has 0 fully saturated rings. The van der Waals surface area contributed by atoms with Gasteiger partial charge in [-0.15, -0.1) is 0 Å². The van der Waals surface area contributed by atoms with E-state index < -0.39 is 0 Å². The molecule has 1 aromatic heterocycles. The minimum atomic E-state index is 0.610. The third-order valence-electron chi connectivity index (χ3n) is 4.52. The monoisotopic (exact) mass is 384 g/mol. The second-order valence-corrected chi connectivity index (χ2v) is 6.62. The molecule has 140 valence electrons. The smallest absolute Gasteiger partial charge is 0.0991 e. The van der Waals surface area contributed by atoms with Gasteiger partial charge in [0, 0.05) is 0 Å². The lowest BCUT2D eigenvalue weighted by molar-refractivity contribution is 1.24. The zero-order valence-corrected chi connectivity index (χ0v) is 16.0. The molecular formula is C26H16N4. The minimum Gasteiger partial charge on any atom is -0.245 e. The van der Waals surface area contributed by atoms with Crippen molar-refractivity contribution in [3.05, 3.63) is 106 Å². The highest BCUT2D eigenvalue weighted by Crippen LogP contribution is 2.18. The van der Waals surface area contributed by atoms with Crippen molar-refractivity contribution in [3.8, 4) is 12.1 Å². The fourth-order valence-electron chi connectivity index (χ4n) is 3.05. The molecule has 4 heteroatoms. The van der Waals surface area contributed by atoms with Crippen LogP contribution in [0.15, 0.2) is 72.8 Å². The number of aromatic nitrogens is 2. The van der Waals surface area contributed by atoms with E-state index in [1.807, 2.05) is 85.0 Å². The van der Waals surface area contributed by atoms with Gasteiger partial charge >= 0.3 is 0 Å². The van der Waals surface area contributed by atoms with E-state index in [2.05, 4.69) is 12.1 Å². The fourth-order valence-corrected chi connectivity index (χ4v) is 3.05. The molecule has 0 radical (unpaired) electrons. The van der Waals surface area contributed by atoms with E-state index in [0.29, 0.717) is 11.1 Å². The maximum Gasteiger partial charge on any atom is 0.0991 e. The van der Waals surface area contributed by atoms with E-state index in [1.54, 1.807) is 12.1 Å². The molecule has 0 amide bonds. The highest BCUT2D eigenvalue weighted by atomic mass is 14.8. The predicted octanol–water partition coefficient (Wildman–Crippen LogP) is 5.71. The molecule has 0 atom stereocenters. The molecule has 0 unspecified atom stereocenters. The Balaban J connectivity index is 1.75. The number of benzene rings is 3. The standard InChI is InChI=1S/C26H16N4/c27-17-21-7-3-5-19(15-21)11-13-25-26(30-24-10-2-1-9-23(24)29-25)14-12-20-6-4-8-22(16-20)18-28/h1-16H. The molecule has 0 aliphatic rings. The Bertz CT molecular complexity index is 1260. The van der Waals surface area contributed by atoms with Crippen molar-refractivity contribution in [2.75, 3.05) is 0 Å². The van der Waals surface area contributed by atoms with Crippen LogP contribution in [0.25, 0.3) is 35.3 Å². The summed E-state index contributed by atoms with van der Waals surface area (Å²) in [5.41, 5.74) is 6.13. The third-order valence-corrected chi connectivity index (χ3v) is 4.52. The highest BCUT2D eigenvalue weighted by molar-refractivity contribution is 5.82. The van der Waals surface area contributed by atoms with Crippen molar-refractivity contribution in [2.45, 2.75) is 0 Å². The van der Waals surface area contributed by atoms with Crippen LogP contribution in [0.2, 0.25) is 0 Å². The summed E-state index contributed by atoms with van der Waals surface area (Å²) in [5.74, 6) is 0. The summed E-state index contributed by atoms with van der Waals surface area (Å²) in [6.45, 7) is 0. The average molecular weight is 384 g/mol. The molecule has 4 aromatic rings. The number of hydrogen-bond donors (Lipinski definition) is 0. The van der Waals surface area contributed by atoms with Crippen LogP contribution in [0.5, 0.6) is 0 Å². The summed E-state index contributed by atoms with van der Waals surface area (Å²) in [5, 5.41) is 18.2. The summed E-state index contributed by atoms with van der Waals surface area (Å²) in [6.07, 6.45) is 7.66. The number of para-hydroxylation sites is 2. The molecule has 0 saturated carbocycles. The summed E-state index contributed by atoms with van der Waals surface area (Å²) in [4.78, 5) is 9.52. The molecule has 4 rings (SSSR count). The maximum absolute atomic E-state index is 9.10. The van der Waals surface area contributed by atoms with E-state index in [9.17, 15) is 0 Å². The lowest BCUT2D eigenvalue weighted by Gasteiger charge is -2.04. The van der Waals surface area contributed by atoms with E-state index in [0.717, 1.165) is 33.5 Å². The summed E-state index contributed by atoms with van der Waals surface area (Å²) < 4.78 is 0. The van der Waals surface area contributed by atoms with Gasteiger partial charge in [-0.1, -0.05) is 48.6 Å². The SMILES string of the molecule is N#Cc1cccc(C=Cc2nc3ccccc3nc2C=Cc2cccc(C#N)c2)c1. The molecule has 0 spiro atoms. The lowest BCUT2D eigenvalue weighted by atomic mass is 10.1. The quantitative estimate of drug-likeness (QED) is 0.451. The molecule has 0 saturated heterocycles. The van der Waals surface area contributed by atoms with Gasteiger partial charge in [0.05, 0.1) is 45.7 Å². The highest BCUT2D eigenvalue weighted by Gasteiger charge is 2.04. The lowest BCUT2D eigenvalue weighted by Crippen LogP contribution is -1.93. The zero-order chi connectivity index (χ0) is 20.8.